The van der Waals surface area contributed by atoms with E-state index in [1.807, 2.05) is 18.2 Å². The molecule has 1 N–H and O–H groups in total. The fourth-order valence-electron chi connectivity index (χ4n) is 2.87. The molecule has 1 aliphatic carbocycles. The number of nitrogens with one attached hydrogen (secondary N) is 1. The number of carbonyl (C=O) groups excluding carboxylic acids is 2. The van der Waals surface area contributed by atoms with E-state index in [2.05, 4.69) is 16.5 Å². The van der Waals surface area contributed by atoms with Gasteiger partial charge in [-0.1, -0.05) is 24.3 Å². The van der Waals surface area contributed by atoms with Crippen molar-refractivity contribution in [2.75, 3.05) is 13.2 Å². The zero-order valence-electron chi connectivity index (χ0n) is 14.0. The number of ether oxygens (including phenoxy) is 2. The van der Waals surface area contributed by atoms with Gasteiger partial charge in [0.05, 0.1) is 6.04 Å². The lowest BCUT2D eigenvalue weighted by molar-refractivity contribution is -0.150. The van der Waals surface area contributed by atoms with Crippen molar-refractivity contribution in [2.24, 2.45) is 0 Å². The average molecular weight is 344 g/mol. The van der Waals surface area contributed by atoms with Crippen LogP contribution in [-0.4, -0.2) is 30.2 Å². The van der Waals surface area contributed by atoms with Gasteiger partial charge in [-0.2, -0.15) is 0 Å². The third-order valence-corrected chi connectivity index (χ3v) is 4.01. The number of fused-ring (bicyclic) bond motifs is 1. The smallest absolute Gasteiger partial charge is 0.344 e. The van der Waals surface area contributed by atoms with Gasteiger partial charge in [0.2, 0.25) is 0 Å². The van der Waals surface area contributed by atoms with Gasteiger partial charge in [0.15, 0.2) is 13.2 Å². The van der Waals surface area contributed by atoms with Crippen LogP contribution in [0, 0.1) is 6.92 Å². The van der Waals surface area contributed by atoms with E-state index in [4.69, 9.17) is 14.0 Å². The lowest BCUT2D eigenvalue weighted by Crippen LogP contribution is -2.34. The first kappa shape index (κ1) is 17.0. The Morgan fingerprint density at radius 1 is 1.32 bits per heavy atom. The zero-order chi connectivity index (χ0) is 17.6. The van der Waals surface area contributed by atoms with E-state index in [9.17, 15) is 9.59 Å². The Bertz CT molecular complexity index is 755. The van der Waals surface area contributed by atoms with Crippen molar-refractivity contribution in [2.45, 2.75) is 32.2 Å². The maximum absolute atomic E-state index is 12.0. The van der Waals surface area contributed by atoms with Crippen molar-refractivity contribution in [3.63, 3.8) is 0 Å². The Kier molecular flexibility index (Phi) is 5.33. The van der Waals surface area contributed by atoms with Gasteiger partial charge in [-0.25, -0.2) is 4.79 Å². The lowest BCUT2D eigenvalue weighted by Gasteiger charge is -2.26. The minimum Gasteiger partial charge on any atom is -0.463 e. The molecule has 0 spiro atoms. The molecule has 0 saturated carbocycles. The number of benzene rings is 1. The molecule has 1 aromatic heterocycles. The molecule has 2 aromatic rings. The Morgan fingerprint density at radius 2 is 2.16 bits per heavy atom. The summed E-state index contributed by atoms with van der Waals surface area (Å²) < 4.78 is 14.9. The van der Waals surface area contributed by atoms with E-state index in [1.165, 1.54) is 5.56 Å². The summed E-state index contributed by atoms with van der Waals surface area (Å²) in [6.45, 7) is 1.05. The molecule has 0 bridgehead atoms. The molecule has 25 heavy (non-hydrogen) atoms. The molecule has 0 aliphatic heterocycles. The van der Waals surface area contributed by atoms with E-state index >= 15 is 0 Å². The third-order valence-electron chi connectivity index (χ3n) is 4.01. The second kappa shape index (κ2) is 7.83. The summed E-state index contributed by atoms with van der Waals surface area (Å²) in [6, 6.07) is 9.59. The van der Waals surface area contributed by atoms with Crippen LogP contribution in [0.5, 0.6) is 5.88 Å². The fraction of sp³-hybridized carbons (Fsp3) is 0.389. The monoisotopic (exact) mass is 344 g/mol. The first-order valence-corrected chi connectivity index (χ1v) is 8.21. The topological polar surface area (TPSA) is 90.7 Å². The second-order valence-electron chi connectivity index (χ2n) is 5.94. The van der Waals surface area contributed by atoms with Crippen LogP contribution in [-0.2, 0) is 20.7 Å². The van der Waals surface area contributed by atoms with Crippen molar-refractivity contribution in [3.05, 3.63) is 47.2 Å². The van der Waals surface area contributed by atoms with Gasteiger partial charge >= 0.3 is 5.97 Å². The summed E-state index contributed by atoms with van der Waals surface area (Å²) >= 11 is 0. The van der Waals surface area contributed by atoms with Crippen molar-refractivity contribution < 1.29 is 23.6 Å². The molecule has 1 aliphatic rings. The highest BCUT2D eigenvalue weighted by molar-refractivity contribution is 5.81. The van der Waals surface area contributed by atoms with Gasteiger partial charge < -0.3 is 19.3 Å². The molecule has 1 heterocycles. The number of aromatic nitrogens is 1. The van der Waals surface area contributed by atoms with Crippen LogP contribution in [0.15, 0.2) is 34.9 Å². The number of hydrogen-bond acceptors (Lipinski definition) is 6. The van der Waals surface area contributed by atoms with Crippen LogP contribution >= 0.6 is 0 Å². The van der Waals surface area contributed by atoms with E-state index in [0.717, 1.165) is 24.8 Å². The van der Waals surface area contributed by atoms with Gasteiger partial charge in [-0.05, 0) is 42.5 Å². The number of nitrogens with zero attached hydrogens (tertiary/aromatic N) is 1. The zero-order valence-corrected chi connectivity index (χ0v) is 14.0. The highest BCUT2D eigenvalue weighted by atomic mass is 16.6. The van der Waals surface area contributed by atoms with Crippen LogP contribution in [0.3, 0.4) is 0 Å². The standard InChI is InChI=1S/C18H20N2O5/c1-12-9-17(20-25-12)23-11-18(22)24-10-16(21)19-15-8-4-6-13-5-2-3-7-14(13)15/h2-3,5,7,9,15H,4,6,8,10-11H2,1H3,(H,19,21)/t15-/m1/s1. The molecule has 7 heteroatoms. The lowest BCUT2D eigenvalue weighted by atomic mass is 9.88. The molecular formula is C18H20N2O5. The SMILES string of the molecule is Cc1cc(OCC(=O)OCC(=O)N[C@@H]2CCCc3ccccc32)no1. The van der Waals surface area contributed by atoms with Crippen molar-refractivity contribution >= 4 is 11.9 Å². The first-order valence-electron chi connectivity index (χ1n) is 8.21. The first-order chi connectivity index (χ1) is 12.1. The number of amides is 1. The summed E-state index contributed by atoms with van der Waals surface area (Å²) in [5.74, 6) is -0.180. The largest absolute Gasteiger partial charge is 0.463 e. The normalized spacial score (nSPS) is 16.0. The average Bonchev–Trinajstić information content (AvgIpc) is 3.04. The molecule has 0 saturated heterocycles. The van der Waals surface area contributed by atoms with Gasteiger partial charge in [0.25, 0.3) is 11.8 Å². The summed E-state index contributed by atoms with van der Waals surface area (Å²) in [4.78, 5) is 23.7. The Balaban J connectivity index is 1.43. The van der Waals surface area contributed by atoms with Crippen molar-refractivity contribution in [3.8, 4) is 5.88 Å². The predicted octanol–water partition coefficient (Wildman–Crippen LogP) is 2.10. The van der Waals surface area contributed by atoms with E-state index in [-0.39, 0.29) is 31.0 Å². The number of esters is 1. The van der Waals surface area contributed by atoms with Crippen LogP contribution in [0.1, 0.15) is 35.8 Å². The summed E-state index contributed by atoms with van der Waals surface area (Å²) in [5.41, 5.74) is 2.39. The molecule has 0 radical (unpaired) electrons. The number of carbonyl (C=O) groups is 2. The summed E-state index contributed by atoms with van der Waals surface area (Å²) in [6.07, 6.45) is 2.93. The molecule has 1 atom stereocenters. The van der Waals surface area contributed by atoms with E-state index in [0.29, 0.717) is 5.76 Å². The van der Waals surface area contributed by atoms with Crippen LogP contribution in [0.2, 0.25) is 0 Å². The van der Waals surface area contributed by atoms with Crippen LogP contribution in [0.25, 0.3) is 0 Å². The molecule has 132 valence electrons. The van der Waals surface area contributed by atoms with E-state index in [1.54, 1.807) is 13.0 Å². The quantitative estimate of drug-likeness (QED) is 0.807. The molecule has 3 rings (SSSR count). The van der Waals surface area contributed by atoms with Gasteiger partial charge in [0.1, 0.15) is 5.76 Å². The maximum Gasteiger partial charge on any atom is 0.344 e. The molecule has 0 unspecified atom stereocenters. The number of hydrogen-bond donors (Lipinski definition) is 1. The minimum atomic E-state index is -0.639. The predicted molar refractivity (Wildman–Crippen MR) is 88.0 cm³/mol. The number of rotatable bonds is 6. The molecule has 0 fully saturated rings. The summed E-state index contributed by atoms with van der Waals surface area (Å²) in [7, 11) is 0. The van der Waals surface area contributed by atoms with Crippen LogP contribution in [0.4, 0.5) is 0 Å². The Labute approximate surface area is 145 Å². The Hall–Kier alpha value is -2.83. The highest BCUT2D eigenvalue weighted by Gasteiger charge is 2.21. The Morgan fingerprint density at radius 3 is 2.96 bits per heavy atom. The number of aryl methyl sites for hydroxylation is 2. The van der Waals surface area contributed by atoms with Gasteiger partial charge in [-0.3, -0.25) is 4.79 Å². The van der Waals surface area contributed by atoms with Crippen molar-refractivity contribution in [1.82, 2.24) is 10.5 Å². The summed E-state index contributed by atoms with van der Waals surface area (Å²) in [5, 5.41) is 6.52. The van der Waals surface area contributed by atoms with Gasteiger partial charge in [-0.15, -0.1) is 0 Å². The van der Waals surface area contributed by atoms with Crippen LogP contribution < -0.4 is 10.1 Å². The molecule has 1 amide bonds. The maximum atomic E-state index is 12.0. The third kappa shape index (κ3) is 4.59. The minimum absolute atomic E-state index is 0.0366. The molecule has 7 nitrogen and oxygen atoms in total. The second-order valence-corrected chi connectivity index (χ2v) is 5.94. The van der Waals surface area contributed by atoms with Crippen molar-refractivity contribution in [1.29, 1.82) is 0 Å². The van der Waals surface area contributed by atoms with Gasteiger partial charge in [0, 0.05) is 6.07 Å². The van der Waals surface area contributed by atoms with E-state index < -0.39 is 5.97 Å². The molecule has 1 aromatic carbocycles. The highest BCUT2D eigenvalue weighted by Crippen LogP contribution is 2.29. The molecular weight excluding hydrogens is 324 g/mol. The fourth-order valence-corrected chi connectivity index (χ4v) is 2.87.